The highest BCUT2D eigenvalue weighted by Gasteiger charge is 2.43. The van der Waals surface area contributed by atoms with Gasteiger partial charge in [0, 0.05) is 18.1 Å². The van der Waals surface area contributed by atoms with Gasteiger partial charge in [-0.25, -0.2) is 9.18 Å². The van der Waals surface area contributed by atoms with E-state index in [2.05, 4.69) is 15.6 Å². The van der Waals surface area contributed by atoms with E-state index in [-0.39, 0.29) is 17.7 Å². The Morgan fingerprint density at radius 2 is 2.04 bits per heavy atom. The van der Waals surface area contributed by atoms with Crippen LogP contribution < -0.4 is 15.4 Å². The second-order valence-electron chi connectivity index (χ2n) is 6.78. The minimum absolute atomic E-state index is 0.135. The number of benzene rings is 1. The van der Waals surface area contributed by atoms with Crippen molar-refractivity contribution in [1.29, 1.82) is 0 Å². The third-order valence-electron chi connectivity index (χ3n) is 4.98. The van der Waals surface area contributed by atoms with E-state index in [1.807, 2.05) is 24.3 Å². The third-order valence-corrected chi connectivity index (χ3v) is 4.98. The minimum atomic E-state index is -0.487. The summed E-state index contributed by atoms with van der Waals surface area (Å²) in [5.74, 6) is 0.354. The Kier molecular flexibility index (Phi) is 4.03. The number of ether oxygens (including phenoxy) is 1. The molecule has 25 heavy (non-hydrogen) atoms. The molecule has 2 amide bonds. The summed E-state index contributed by atoms with van der Waals surface area (Å²) in [6.07, 6.45) is 7.58. The lowest BCUT2D eigenvalue weighted by Crippen LogP contribution is -2.44. The fourth-order valence-corrected chi connectivity index (χ4v) is 3.88. The number of nitrogens with zero attached hydrogens (tertiary/aromatic N) is 1. The van der Waals surface area contributed by atoms with Crippen LogP contribution >= 0.6 is 0 Å². The van der Waals surface area contributed by atoms with Crippen LogP contribution in [0.3, 0.4) is 0 Å². The van der Waals surface area contributed by atoms with Gasteiger partial charge in [-0.05, 0) is 31.7 Å². The molecule has 1 atom stereocenters. The summed E-state index contributed by atoms with van der Waals surface area (Å²) < 4.78 is 19.5. The number of hydrogen-bond acceptors (Lipinski definition) is 3. The predicted molar refractivity (Wildman–Crippen MR) is 92.0 cm³/mol. The monoisotopic (exact) mass is 341 g/mol. The summed E-state index contributed by atoms with van der Waals surface area (Å²) in [4.78, 5) is 16.1. The van der Waals surface area contributed by atoms with Crippen molar-refractivity contribution in [2.24, 2.45) is 0 Å². The number of fused-ring (bicyclic) bond motifs is 1. The van der Waals surface area contributed by atoms with Gasteiger partial charge >= 0.3 is 6.03 Å². The SMILES string of the molecule is O=C(Nc1cncc(F)c1)NC1CC2(CCCC2)Oc2ccccc21. The molecule has 2 N–H and O–H groups in total. The maximum absolute atomic E-state index is 13.2. The van der Waals surface area contributed by atoms with Gasteiger partial charge in [-0.2, -0.15) is 0 Å². The molecule has 2 aliphatic rings. The van der Waals surface area contributed by atoms with E-state index < -0.39 is 5.82 Å². The van der Waals surface area contributed by atoms with Crippen molar-refractivity contribution >= 4 is 11.7 Å². The van der Waals surface area contributed by atoms with Gasteiger partial charge in [-0.15, -0.1) is 0 Å². The lowest BCUT2D eigenvalue weighted by atomic mass is 9.86. The summed E-state index contributed by atoms with van der Waals surface area (Å²) in [5, 5.41) is 5.66. The molecule has 0 saturated heterocycles. The highest BCUT2D eigenvalue weighted by Crippen LogP contribution is 2.46. The van der Waals surface area contributed by atoms with Crippen molar-refractivity contribution in [2.45, 2.75) is 43.7 Å². The van der Waals surface area contributed by atoms with Crippen molar-refractivity contribution in [3.8, 4) is 5.75 Å². The number of anilines is 1. The van der Waals surface area contributed by atoms with Crippen LogP contribution in [0.25, 0.3) is 0 Å². The van der Waals surface area contributed by atoms with Gasteiger partial charge in [0.05, 0.1) is 24.1 Å². The lowest BCUT2D eigenvalue weighted by molar-refractivity contribution is 0.0388. The summed E-state index contributed by atoms with van der Waals surface area (Å²) in [6, 6.07) is 8.55. The molecule has 0 radical (unpaired) electrons. The molecule has 1 aromatic carbocycles. The molecule has 1 fully saturated rings. The Hall–Kier alpha value is -2.63. The molecule has 0 bridgehead atoms. The van der Waals surface area contributed by atoms with Crippen LogP contribution in [0.5, 0.6) is 5.75 Å². The zero-order chi connectivity index (χ0) is 17.3. The molecule has 1 spiro atoms. The number of halogens is 1. The van der Waals surface area contributed by atoms with Gasteiger partial charge in [0.25, 0.3) is 0 Å². The van der Waals surface area contributed by atoms with Crippen molar-refractivity contribution in [3.63, 3.8) is 0 Å². The summed E-state index contributed by atoms with van der Waals surface area (Å²) in [7, 11) is 0. The fraction of sp³-hybridized carbons (Fsp3) is 0.368. The van der Waals surface area contributed by atoms with Gasteiger partial charge in [0.15, 0.2) is 0 Å². The molecular formula is C19H20FN3O2. The maximum Gasteiger partial charge on any atom is 0.319 e. The first-order chi connectivity index (χ1) is 12.1. The van der Waals surface area contributed by atoms with Crippen molar-refractivity contribution < 1.29 is 13.9 Å². The molecule has 4 rings (SSSR count). The molecule has 130 valence electrons. The standard InChI is InChI=1S/C19H20FN3O2/c20-13-9-14(12-21-11-13)22-18(24)23-16-10-19(7-3-4-8-19)25-17-6-2-1-5-15(16)17/h1-2,5-6,9,11-12,16H,3-4,7-8,10H2,(H2,22,23,24). The second kappa shape index (κ2) is 6.35. The molecule has 6 heteroatoms. The van der Waals surface area contributed by atoms with Crippen LogP contribution in [0.4, 0.5) is 14.9 Å². The molecule has 5 nitrogen and oxygen atoms in total. The molecule has 1 aliphatic heterocycles. The maximum atomic E-state index is 13.2. The number of pyridine rings is 1. The molecule has 2 heterocycles. The Balaban J connectivity index is 1.53. The number of aromatic nitrogens is 1. The number of nitrogens with one attached hydrogen (secondary N) is 2. The molecule has 2 aromatic rings. The number of urea groups is 1. The van der Waals surface area contributed by atoms with Crippen LogP contribution in [-0.2, 0) is 0 Å². The van der Waals surface area contributed by atoms with Gasteiger partial charge < -0.3 is 15.4 Å². The van der Waals surface area contributed by atoms with Crippen molar-refractivity contribution in [2.75, 3.05) is 5.32 Å². The summed E-state index contributed by atoms with van der Waals surface area (Å²) in [6.45, 7) is 0. The molecule has 1 aliphatic carbocycles. The Labute approximate surface area is 145 Å². The number of carbonyl (C=O) groups is 1. The first-order valence-corrected chi connectivity index (χ1v) is 8.60. The van der Waals surface area contributed by atoms with Gasteiger partial charge in [0.2, 0.25) is 0 Å². The highest BCUT2D eigenvalue weighted by molar-refractivity contribution is 5.89. The van der Waals surface area contributed by atoms with E-state index in [0.29, 0.717) is 5.69 Å². The molecular weight excluding hydrogens is 321 g/mol. The second-order valence-corrected chi connectivity index (χ2v) is 6.78. The van der Waals surface area contributed by atoms with Crippen molar-refractivity contribution in [1.82, 2.24) is 10.3 Å². The zero-order valence-corrected chi connectivity index (χ0v) is 13.8. The normalized spacial score (nSPS) is 20.6. The number of para-hydroxylation sites is 1. The van der Waals surface area contributed by atoms with Crippen LogP contribution in [-0.4, -0.2) is 16.6 Å². The predicted octanol–water partition coefficient (Wildman–Crippen LogP) is 4.18. The number of hydrogen-bond donors (Lipinski definition) is 2. The molecule has 1 saturated carbocycles. The van der Waals surface area contributed by atoms with Gasteiger partial charge in [0.1, 0.15) is 17.2 Å². The van der Waals surface area contributed by atoms with Crippen LogP contribution in [0, 0.1) is 5.82 Å². The first-order valence-electron chi connectivity index (χ1n) is 8.60. The minimum Gasteiger partial charge on any atom is -0.487 e. The Morgan fingerprint density at radius 1 is 1.24 bits per heavy atom. The third kappa shape index (κ3) is 3.29. The lowest BCUT2D eigenvalue weighted by Gasteiger charge is -2.40. The Bertz CT molecular complexity index is 790. The number of carbonyl (C=O) groups excluding carboxylic acids is 1. The van der Waals surface area contributed by atoms with E-state index in [1.54, 1.807) is 0 Å². The smallest absolute Gasteiger partial charge is 0.319 e. The number of rotatable bonds is 2. The van der Waals surface area contributed by atoms with E-state index >= 15 is 0 Å². The summed E-state index contributed by atoms with van der Waals surface area (Å²) in [5.41, 5.74) is 1.12. The average molecular weight is 341 g/mol. The first kappa shape index (κ1) is 15.9. The van der Waals surface area contributed by atoms with E-state index in [4.69, 9.17) is 4.74 Å². The largest absolute Gasteiger partial charge is 0.487 e. The quantitative estimate of drug-likeness (QED) is 0.861. The van der Waals surface area contributed by atoms with Crippen LogP contribution in [0.1, 0.15) is 43.7 Å². The van der Waals surface area contributed by atoms with Crippen molar-refractivity contribution in [3.05, 3.63) is 54.1 Å². The Morgan fingerprint density at radius 3 is 2.84 bits per heavy atom. The number of amides is 2. The highest BCUT2D eigenvalue weighted by atomic mass is 19.1. The molecule has 1 unspecified atom stereocenters. The van der Waals surface area contributed by atoms with E-state index in [0.717, 1.165) is 49.6 Å². The fourth-order valence-electron chi connectivity index (χ4n) is 3.88. The van der Waals surface area contributed by atoms with Crippen LogP contribution in [0.2, 0.25) is 0 Å². The van der Waals surface area contributed by atoms with E-state index in [1.165, 1.54) is 12.3 Å². The topological polar surface area (TPSA) is 63.2 Å². The average Bonchev–Trinajstić information content (AvgIpc) is 3.02. The summed E-state index contributed by atoms with van der Waals surface area (Å²) >= 11 is 0. The van der Waals surface area contributed by atoms with Crippen LogP contribution in [0.15, 0.2) is 42.7 Å². The van der Waals surface area contributed by atoms with Gasteiger partial charge in [-0.3, -0.25) is 4.98 Å². The van der Waals surface area contributed by atoms with Gasteiger partial charge in [-0.1, -0.05) is 18.2 Å². The van der Waals surface area contributed by atoms with E-state index in [9.17, 15) is 9.18 Å². The zero-order valence-electron chi connectivity index (χ0n) is 13.8. The molecule has 1 aromatic heterocycles.